The molecule has 1 aliphatic carbocycles. The highest BCUT2D eigenvalue weighted by Gasteiger charge is 2.45. The van der Waals surface area contributed by atoms with Crippen LogP contribution in [0.1, 0.15) is 62.4 Å². The number of aliphatic hydroxyl groups excluding tert-OH is 1. The number of hydrogen-bond donors (Lipinski definition) is 2. The summed E-state index contributed by atoms with van der Waals surface area (Å²) in [7, 11) is 3.83. The molecule has 0 bridgehead atoms. The van der Waals surface area contributed by atoms with Crippen molar-refractivity contribution in [2.24, 2.45) is 11.3 Å². The van der Waals surface area contributed by atoms with Crippen molar-refractivity contribution < 1.29 is 14.2 Å². The number of nitrogens with one attached hydrogen (secondary N) is 1. The fraction of sp³-hybridized carbons (Fsp3) is 0.567. The van der Waals surface area contributed by atoms with Crippen LogP contribution in [-0.4, -0.2) is 59.9 Å². The Labute approximate surface area is 215 Å². The summed E-state index contributed by atoms with van der Waals surface area (Å²) in [5, 5.41) is 10.8. The minimum Gasteiger partial charge on any atom is -0.391 e. The molecule has 3 atom stereocenters. The molecule has 6 heteroatoms. The number of aliphatic hydroxyl groups is 1. The predicted molar refractivity (Wildman–Crippen MR) is 144 cm³/mol. The summed E-state index contributed by atoms with van der Waals surface area (Å²) < 4.78 is 19.3. The second-order valence-corrected chi connectivity index (χ2v) is 11.1. The molecule has 196 valence electrons. The van der Waals surface area contributed by atoms with Crippen molar-refractivity contribution in [3.8, 4) is 0 Å². The normalized spacial score (nSPS) is 20.8. The minimum absolute atomic E-state index is 0.0516. The number of nitrogens with zero attached hydrogens (tertiary/aromatic N) is 2. The number of ether oxygens (including phenoxy) is 1. The van der Waals surface area contributed by atoms with E-state index in [1.807, 2.05) is 24.3 Å². The third kappa shape index (κ3) is 6.16. The van der Waals surface area contributed by atoms with Gasteiger partial charge in [-0.15, -0.1) is 0 Å². The lowest BCUT2D eigenvalue weighted by Gasteiger charge is -2.49. The molecule has 1 aliphatic rings. The van der Waals surface area contributed by atoms with Gasteiger partial charge in [-0.1, -0.05) is 32.0 Å². The van der Waals surface area contributed by atoms with E-state index in [9.17, 15) is 9.50 Å². The summed E-state index contributed by atoms with van der Waals surface area (Å²) in [5.41, 5.74) is 4.45. The number of rotatable bonds is 12. The van der Waals surface area contributed by atoms with Crippen LogP contribution in [0.5, 0.6) is 0 Å². The molecule has 0 aliphatic heterocycles. The molecular weight excluding hydrogens is 453 g/mol. The zero-order valence-corrected chi connectivity index (χ0v) is 22.3. The number of methoxy groups -OCH3 is 1. The second kappa shape index (κ2) is 11.8. The van der Waals surface area contributed by atoms with E-state index in [2.05, 4.69) is 36.8 Å². The first-order valence-corrected chi connectivity index (χ1v) is 13.4. The molecular formula is C30H42FN3O2. The zero-order chi connectivity index (χ0) is 25.7. The van der Waals surface area contributed by atoms with Gasteiger partial charge in [-0.3, -0.25) is 0 Å². The molecule has 1 unspecified atom stereocenters. The average molecular weight is 496 g/mol. The van der Waals surface area contributed by atoms with Crippen LogP contribution in [0.2, 0.25) is 0 Å². The first kappa shape index (κ1) is 26.8. The summed E-state index contributed by atoms with van der Waals surface area (Å²) in [6, 6.07) is 13.5. The maximum absolute atomic E-state index is 14.0. The Morgan fingerprint density at radius 2 is 2.03 bits per heavy atom. The largest absolute Gasteiger partial charge is 0.391 e. The van der Waals surface area contributed by atoms with Crippen molar-refractivity contribution in [3.05, 3.63) is 65.2 Å². The Bertz CT molecular complexity index is 1100. The molecule has 2 aromatic carbocycles. The number of H-pyrrole nitrogens is 1. The van der Waals surface area contributed by atoms with Crippen molar-refractivity contribution >= 4 is 11.0 Å². The molecule has 1 heterocycles. The Kier molecular flexibility index (Phi) is 8.81. The van der Waals surface area contributed by atoms with Gasteiger partial charge in [0.15, 0.2) is 0 Å². The maximum atomic E-state index is 14.0. The highest BCUT2D eigenvalue weighted by Crippen LogP contribution is 2.54. The van der Waals surface area contributed by atoms with E-state index < -0.39 is 6.10 Å². The van der Waals surface area contributed by atoms with Crippen LogP contribution in [0.15, 0.2) is 42.5 Å². The van der Waals surface area contributed by atoms with E-state index in [1.165, 1.54) is 5.56 Å². The SMILES string of the molecule is COCC(O)C[C@]1(CCN(C)CCCc2nc3ccccc3[nH]2)CCc2cc(F)ccc2[C@@H]1C(C)C. The van der Waals surface area contributed by atoms with Gasteiger partial charge >= 0.3 is 0 Å². The van der Waals surface area contributed by atoms with Crippen molar-refractivity contribution in [1.29, 1.82) is 0 Å². The van der Waals surface area contributed by atoms with Crippen molar-refractivity contribution in [3.63, 3.8) is 0 Å². The van der Waals surface area contributed by atoms with E-state index >= 15 is 0 Å². The molecule has 5 nitrogen and oxygen atoms in total. The van der Waals surface area contributed by atoms with Gasteiger partial charge in [-0.25, -0.2) is 9.37 Å². The number of para-hydroxylation sites is 2. The quantitative estimate of drug-likeness (QED) is 0.337. The number of halogens is 1. The zero-order valence-electron chi connectivity index (χ0n) is 22.3. The fourth-order valence-electron chi connectivity index (χ4n) is 6.53. The van der Waals surface area contributed by atoms with Crippen LogP contribution >= 0.6 is 0 Å². The average Bonchev–Trinajstić information content (AvgIpc) is 3.25. The molecule has 2 N–H and O–H groups in total. The number of hydrogen-bond acceptors (Lipinski definition) is 4. The standard InChI is InChI=1S/C30H42FN3O2/c1-21(2)29-25-12-11-23(31)18-22(25)13-14-30(29,19-24(35)20-36-4)15-17-34(3)16-7-10-28-32-26-8-5-6-9-27(26)33-28/h5-6,8-9,11-12,18,21,24,29,35H,7,10,13-17,19-20H2,1-4H3,(H,32,33)/t24?,29-,30+/m0/s1. The number of aromatic nitrogens is 2. The van der Waals surface area contributed by atoms with E-state index in [0.29, 0.717) is 18.9 Å². The molecule has 4 rings (SSSR count). The molecule has 0 fully saturated rings. The first-order chi connectivity index (χ1) is 17.3. The molecule has 3 aromatic rings. The maximum Gasteiger partial charge on any atom is 0.123 e. The lowest BCUT2D eigenvalue weighted by molar-refractivity contribution is -0.000917. The third-order valence-electron chi connectivity index (χ3n) is 8.04. The second-order valence-electron chi connectivity index (χ2n) is 11.1. The summed E-state index contributed by atoms with van der Waals surface area (Å²) in [6.07, 6.45) is 4.96. The van der Waals surface area contributed by atoms with E-state index in [-0.39, 0.29) is 17.2 Å². The van der Waals surface area contributed by atoms with Crippen LogP contribution in [0.3, 0.4) is 0 Å². The number of imidazole rings is 1. The van der Waals surface area contributed by atoms with E-state index in [1.54, 1.807) is 19.2 Å². The van der Waals surface area contributed by atoms with Gasteiger partial charge in [0.25, 0.3) is 0 Å². The van der Waals surface area contributed by atoms with Gasteiger partial charge in [0.05, 0.1) is 23.7 Å². The highest BCUT2D eigenvalue weighted by molar-refractivity contribution is 5.74. The Morgan fingerprint density at radius 3 is 2.78 bits per heavy atom. The monoisotopic (exact) mass is 495 g/mol. The first-order valence-electron chi connectivity index (χ1n) is 13.4. The molecule has 0 radical (unpaired) electrons. The lowest BCUT2D eigenvalue weighted by atomic mass is 9.57. The van der Waals surface area contributed by atoms with E-state index in [0.717, 1.165) is 67.6 Å². The van der Waals surface area contributed by atoms with Crippen LogP contribution in [0.25, 0.3) is 11.0 Å². The number of benzene rings is 2. The molecule has 1 aromatic heterocycles. The number of aryl methyl sites for hydroxylation is 2. The van der Waals surface area contributed by atoms with Crippen molar-refractivity contribution in [2.75, 3.05) is 33.9 Å². The van der Waals surface area contributed by atoms with Crippen LogP contribution < -0.4 is 0 Å². The Hall–Kier alpha value is -2.28. The van der Waals surface area contributed by atoms with Crippen LogP contribution in [0, 0.1) is 17.2 Å². The fourth-order valence-corrected chi connectivity index (χ4v) is 6.53. The summed E-state index contributed by atoms with van der Waals surface area (Å²) in [6.45, 7) is 6.81. The van der Waals surface area contributed by atoms with Crippen LogP contribution in [-0.2, 0) is 17.6 Å². The topological polar surface area (TPSA) is 61.4 Å². The smallest absolute Gasteiger partial charge is 0.123 e. The van der Waals surface area contributed by atoms with Crippen molar-refractivity contribution in [1.82, 2.24) is 14.9 Å². The van der Waals surface area contributed by atoms with Gasteiger partial charge in [0, 0.05) is 13.5 Å². The molecule has 0 saturated carbocycles. The van der Waals surface area contributed by atoms with Gasteiger partial charge < -0.3 is 19.7 Å². The molecule has 0 spiro atoms. The highest BCUT2D eigenvalue weighted by atomic mass is 19.1. The molecule has 0 amide bonds. The molecule has 36 heavy (non-hydrogen) atoms. The Morgan fingerprint density at radius 1 is 1.22 bits per heavy atom. The minimum atomic E-state index is -0.503. The van der Waals surface area contributed by atoms with E-state index in [4.69, 9.17) is 9.72 Å². The molecule has 0 saturated heterocycles. The third-order valence-corrected chi connectivity index (χ3v) is 8.04. The summed E-state index contributed by atoms with van der Waals surface area (Å²) >= 11 is 0. The number of aromatic amines is 1. The summed E-state index contributed by atoms with van der Waals surface area (Å²) in [5.74, 6) is 1.55. The van der Waals surface area contributed by atoms with Gasteiger partial charge in [0.2, 0.25) is 0 Å². The predicted octanol–water partition coefficient (Wildman–Crippen LogP) is 5.73. The van der Waals surface area contributed by atoms with Crippen molar-refractivity contribution in [2.45, 2.75) is 64.4 Å². The van der Waals surface area contributed by atoms with Gasteiger partial charge in [-0.05, 0) is 105 Å². The summed E-state index contributed by atoms with van der Waals surface area (Å²) in [4.78, 5) is 10.5. The van der Waals surface area contributed by atoms with Crippen LogP contribution in [0.4, 0.5) is 4.39 Å². The number of fused-ring (bicyclic) bond motifs is 2. The Balaban J connectivity index is 1.44. The van der Waals surface area contributed by atoms with Gasteiger partial charge in [0.1, 0.15) is 11.6 Å². The lowest BCUT2D eigenvalue weighted by Crippen LogP contribution is -2.42. The van der Waals surface area contributed by atoms with Gasteiger partial charge in [-0.2, -0.15) is 0 Å².